The lowest BCUT2D eigenvalue weighted by Crippen LogP contribution is -2.06. The highest BCUT2D eigenvalue weighted by molar-refractivity contribution is 6.54. The average Bonchev–Trinajstić information content (AvgIpc) is 2.05. The van der Waals surface area contributed by atoms with E-state index in [0.717, 1.165) is 0 Å². The first-order valence-electron chi connectivity index (χ1n) is 5.22. The van der Waals surface area contributed by atoms with E-state index >= 15 is 0 Å². The van der Waals surface area contributed by atoms with E-state index in [1.807, 2.05) is 50.2 Å². The molecular weight excluding hydrogens is 221 g/mol. The van der Waals surface area contributed by atoms with E-state index in [9.17, 15) is 0 Å². The molecular formula is C12H25AlClN. The van der Waals surface area contributed by atoms with Crippen LogP contribution in [-0.2, 0) is 0 Å². The molecule has 1 rings (SSSR count). The minimum absolute atomic E-state index is 0. The molecule has 0 saturated heterocycles. The molecule has 1 nitrogen and oxygen atoms in total. The minimum Gasteiger partial charge on any atom is -0.328 e. The van der Waals surface area contributed by atoms with Gasteiger partial charge in [-0.25, -0.2) is 0 Å². The van der Waals surface area contributed by atoms with Crippen LogP contribution in [0.25, 0.3) is 0 Å². The zero-order valence-electron chi connectivity index (χ0n) is 10.6. The van der Waals surface area contributed by atoms with Gasteiger partial charge < -0.3 is 5.73 Å². The Bertz CT molecular complexity index is 140. The largest absolute Gasteiger partial charge is 0.328 e. The van der Waals surface area contributed by atoms with Crippen molar-refractivity contribution in [2.24, 2.45) is 5.73 Å². The van der Waals surface area contributed by atoms with Crippen LogP contribution in [0.3, 0.4) is 0 Å². The third-order valence-corrected chi connectivity index (χ3v) is 0.667. The topological polar surface area (TPSA) is 26.0 Å². The summed E-state index contributed by atoms with van der Waals surface area (Å²) in [4.78, 5) is 0. The first-order valence-corrected chi connectivity index (χ1v) is 8.68. The molecule has 15 heavy (non-hydrogen) atoms. The van der Waals surface area contributed by atoms with Crippen LogP contribution in [0.2, 0.25) is 17.4 Å². The fourth-order valence-corrected chi connectivity index (χ4v) is 0.385. The zero-order valence-corrected chi connectivity index (χ0v) is 12.6. The van der Waals surface area contributed by atoms with Crippen LogP contribution in [0.15, 0.2) is 36.4 Å². The van der Waals surface area contributed by atoms with E-state index in [2.05, 4.69) is 17.4 Å². The summed E-state index contributed by atoms with van der Waals surface area (Å²) in [5.41, 5.74) is 5.11. The Balaban J connectivity index is -0.000000145. The van der Waals surface area contributed by atoms with Gasteiger partial charge in [-0.2, -0.15) is 0 Å². The van der Waals surface area contributed by atoms with Crippen LogP contribution in [0, 0.1) is 0 Å². The molecule has 0 atom stereocenters. The van der Waals surface area contributed by atoms with Gasteiger partial charge >= 0.3 is 0 Å². The van der Waals surface area contributed by atoms with Gasteiger partial charge in [-0.05, 0) is 6.04 Å². The molecule has 1 aromatic rings. The Labute approximate surface area is 106 Å². The lowest BCUT2D eigenvalue weighted by molar-refractivity contribution is 0.834. The van der Waals surface area contributed by atoms with Crippen molar-refractivity contribution in [1.82, 2.24) is 0 Å². The molecule has 88 valence electrons. The van der Waals surface area contributed by atoms with Crippen molar-refractivity contribution < 1.29 is 0 Å². The summed E-state index contributed by atoms with van der Waals surface area (Å²) in [6, 6.07) is 12.3. The first kappa shape index (κ1) is 20.4. The van der Waals surface area contributed by atoms with Crippen molar-refractivity contribution in [2.75, 3.05) is 0 Å². The van der Waals surface area contributed by atoms with Crippen molar-refractivity contribution in [1.29, 1.82) is 0 Å². The predicted octanol–water partition coefficient (Wildman–Crippen LogP) is 3.83. The summed E-state index contributed by atoms with van der Waals surface area (Å²) in [6.45, 7) is 3.89. The minimum atomic E-state index is -0.139. The number of halogens is 1. The molecule has 3 heteroatoms. The lowest BCUT2D eigenvalue weighted by atomic mass is 10.4. The fraction of sp³-hybridized carbons (Fsp3) is 0.500. The van der Waals surface area contributed by atoms with Crippen LogP contribution >= 0.6 is 12.4 Å². The van der Waals surface area contributed by atoms with Crippen LogP contribution in [0.5, 0.6) is 0 Å². The maximum Gasteiger partial charge on any atom is 0.251 e. The summed E-state index contributed by atoms with van der Waals surface area (Å²) in [5.74, 6) is 6.92. The van der Waals surface area contributed by atoms with Gasteiger partial charge in [-0.1, -0.05) is 50.2 Å². The van der Waals surface area contributed by atoms with Gasteiger partial charge in [0.1, 0.15) is 0 Å². The van der Waals surface area contributed by atoms with Crippen LogP contribution in [0.4, 0.5) is 0 Å². The van der Waals surface area contributed by atoms with Crippen molar-refractivity contribution in [3.63, 3.8) is 0 Å². The number of rotatable bonds is 0. The molecule has 0 spiro atoms. The molecule has 0 unspecified atom stereocenters. The van der Waals surface area contributed by atoms with Crippen molar-refractivity contribution in [2.45, 2.75) is 37.2 Å². The highest BCUT2D eigenvalue weighted by atomic mass is 35.5. The highest BCUT2D eigenvalue weighted by Gasteiger charge is 1.81. The van der Waals surface area contributed by atoms with Crippen molar-refractivity contribution in [3.8, 4) is 0 Å². The molecule has 0 aromatic heterocycles. The van der Waals surface area contributed by atoms with Gasteiger partial charge in [-0.3, -0.25) is 0 Å². The van der Waals surface area contributed by atoms with Gasteiger partial charge in [0.2, 0.25) is 0 Å². The van der Waals surface area contributed by atoms with Crippen LogP contribution in [0.1, 0.15) is 13.8 Å². The second-order valence-corrected chi connectivity index (χ2v) is 7.59. The third kappa shape index (κ3) is 56.0. The summed E-state index contributed by atoms with van der Waals surface area (Å²) >= 11 is -0.139. The summed E-state index contributed by atoms with van der Waals surface area (Å²) in [5, 5.41) is 0. The van der Waals surface area contributed by atoms with Crippen molar-refractivity contribution >= 4 is 26.6 Å². The quantitative estimate of drug-likeness (QED) is 0.691. The molecule has 0 saturated carbocycles. The van der Waals surface area contributed by atoms with E-state index in [1.54, 1.807) is 0 Å². The number of hydrogen-bond acceptors (Lipinski definition) is 1. The van der Waals surface area contributed by atoms with E-state index in [0.29, 0.717) is 6.04 Å². The van der Waals surface area contributed by atoms with Gasteiger partial charge in [-0.15, -0.1) is 29.8 Å². The van der Waals surface area contributed by atoms with E-state index in [-0.39, 0.29) is 26.6 Å². The summed E-state index contributed by atoms with van der Waals surface area (Å²) < 4.78 is 0. The molecule has 0 fully saturated rings. The second-order valence-electron chi connectivity index (χ2n) is 4.13. The molecule has 0 bridgehead atoms. The Morgan fingerprint density at radius 3 is 0.933 bits per heavy atom. The smallest absolute Gasteiger partial charge is 0.251 e. The van der Waals surface area contributed by atoms with E-state index < -0.39 is 0 Å². The van der Waals surface area contributed by atoms with Gasteiger partial charge in [0, 0.05) is 0 Å². The molecule has 0 aliphatic rings. The Morgan fingerprint density at radius 2 is 0.867 bits per heavy atom. The normalized spacial score (nSPS) is 7.40. The van der Waals surface area contributed by atoms with Gasteiger partial charge in [0.25, 0.3) is 14.1 Å². The number of hydrogen-bond donors (Lipinski definition) is 1. The Kier molecular flexibility index (Phi) is 22.4. The fourth-order valence-electron chi connectivity index (χ4n) is 0.385. The lowest BCUT2D eigenvalue weighted by Gasteiger charge is -1.81. The predicted molar refractivity (Wildman–Crippen MR) is 76.4 cm³/mol. The molecule has 0 heterocycles. The maximum atomic E-state index is 5.11. The molecule has 1 aromatic carbocycles. The van der Waals surface area contributed by atoms with Crippen molar-refractivity contribution in [3.05, 3.63) is 36.4 Å². The van der Waals surface area contributed by atoms with Crippen LogP contribution < -0.4 is 5.73 Å². The molecule has 0 aliphatic carbocycles. The molecule has 0 amide bonds. The monoisotopic (exact) mass is 245 g/mol. The Hall–Kier alpha value is 0.00247. The van der Waals surface area contributed by atoms with E-state index in [4.69, 9.17) is 5.73 Å². The SMILES string of the molecule is CC(C)N.Cl.[CH3][Al]([CH3])[CH3].c1ccccc1. The van der Waals surface area contributed by atoms with Gasteiger partial charge in [0.15, 0.2) is 0 Å². The second kappa shape index (κ2) is 16.4. The number of nitrogens with two attached hydrogens (primary N) is 1. The summed E-state index contributed by atoms with van der Waals surface area (Å²) in [6.07, 6.45) is 0. The van der Waals surface area contributed by atoms with Crippen LogP contribution in [-0.4, -0.2) is 20.2 Å². The van der Waals surface area contributed by atoms with E-state index in [1.165, 1.54) is 0 Å². The molecule has 0 aliphatic heterocycles. The number of benzene rings is 1. The average molecular weight is 246 g/mol. The molecule has 2 N–H and O–H groups in total. The Morgan fingerprint density at radius 1 is 0.800 bits per heavy atom. The van der Waals surface area contributed by atoms with Gasteiger partial charge in [0.05, 0.1) is 0 Å². The third-order valence-electron chi connectivity index (χ3n) is 0.667. The standard InChI is InChI=1S/C6H6.C3H9N.3CH3.Al.ClH/c1-2-4-6-5-3-1;1-3(2)4;;;;;/h1-6H;3H,4H2,1-2H3;3*1H3;;1H. The zero-order chi connectivity index (χ0) is 11.4. The first-order chi connectivity index (χ1) is 6.46. The molecule has 0 radical (unpaired) electrons. The maximum absolute atomic E-state index is 5.11. The summed E-state index contributed by atoms with van der Waals surface area (Å²) in [7, 11) is 0. The highest BCUT2D eigenvalue weighted by Crippen LogP contribution is 1.79.